The van der Waals surface area contributed by atoms with Crippen molar-refractivity contribution in [3.63, 3.8) is 0 Å². The highest BCUT2D eigenvalue weighted by Crippen LogP contribution is 2.38. The molecular formula is C12H26N2O2SSi. The molecule has 0 amide bonds. The van der Waals surface area contributed by atoms with Gasteiger partial charge in [0.1, 0.15) is 0 Å². The zero-order chi connectivity index (χ0) is 13.6. The van der Waals surface area contributed by atoms with Gasteiger partial charge in [-0.3, -0.25) is 0 Å². The van der Waals surface area contributed by atoms with E-state index in [0.717, 1.165) is 26.1 Å². The predicted octanol–water partition coefficient (Wildman–Crippen LogP) is 2.28. The van der Waals surface area contributed by atoms with Crippen LogP contribution in [0.25, 0.3) is 0 Å². The Morgan fingerprint density at radius 1 is 1.33 bits per heavy atom. The van der Waals surface area contributed by atoms with Crippen molar-refractivity contribution in [3.05, 3.63) is 0 Å². The molecule has 1 aliphatic carbocycles. The molecule has 2 unspecified atom stereocenters. The smallest absolute Gasteiger partial charge is 0.338 e. The molecular weight excluding hydrogens is 264 g/mol. The standard InChI is InChI=1S/C12H26N2O2SSi/c1-4-15-18(3,16-5-2)11-8-6-7-10(9-11)14-12(13)17/h10-11H,4-9H2,1-3H3,(H3,13,14,17). The third-order valence-electron chi connectivity index (χ3n) is 3.62. The van der Waals surface area contributed by atoms with Crippen molar-refractivity contribution in [1.29, 1.82) is 0 Å². The normalized spacial score (nSPS) is 24.8. The van der Waals surface area contributed by atoms with E-state index in [0.29, 0.717) is 16.7 Å². The zero-order valence-corrected chi connectivity index (χ0v) is 13.5. The lowest BCUT2D eigenvalue weighted by Gasteiger charge is -2.39. The Balaban J connectivity index is 2.64. The van der Waals surface area contributed by atoms with Crippen LogP contribution >= 0.6 is 12.2 Å². The van der Waals surface area contributed by atoms with Gasteiger partial charge in [0.25, 0.3) is 0 Å². The molecule has 3 N–H and O–H groups in total. The summed E-state index contributed by atoms with van der Waals surface area (Å²) >= 11 is 4.93. The topological polar surface area (TPSA) is 56.5 Å². The highest BCUT2D eigenvalue weighted by molar-refractivity contribution is 7.80. The Morgan fingerprint density at radius 3 is 2.44 bits per heavy atom. The third-order valence-corrected chi connectivity index (χ3v) is 7.47. The zero-order valence-electron chi connectivity index (χ0n) is 11.7. The maximum Gasteiger partial charge on any atom is 0.338 e. The summed E-state index contributed by atoms with van der Waals surface area (Å²) in [6.07, 6.45) is 4.57. The summed E-state index contributed by atoms with van der Waals surface area (Å²) < 4.78 is 12.0. The molecule has 106 valence electrons. The molecule has 1 rings (SSSR count). The number of rotatable bonds is 6. The van der Waals surface area contributed by atoms with E-state index in [1.807, 2.05) is 13.8 Å². The van der Waals surface area contributed by atoms with Crippen molar-refractivity contribution in [3.8, 4) is 0 Å². The van der Waals surface area contributed by atoms with Crippen molar-refractivity contribution in [1.82, 2.24) is 5.32 Å². The van der Waals surface area contributed by atoms with Gasteiger partial charge < -0.3 is 19.9 Å². The predicted molar refractivity (Wildman–Crippen MR) is 80.8 cm³/mol. The maximum absolute atomic E-state index is 5.99. The van der Waals surface area contributed by atoms with E-state index in [9.17, 15) is 0 Å². The first-order chi connectivity index (χ1) is 8.51. The van der Waals surface area contributed by atoms with Gasteiger partial charge in [-0.2, -0.15) is 0 Å². The molecule has 0 spiro atoms. The molecule has 1 saturated carbocycles. The summed E-state index contributed by atoms with van der Waals surface area (Å²) in [5, 5.41) is 3.59. The van der Waals surface area contributed by atoms with E-state index < -0.39 is 8.56 Å². The molecule has 2 atom stereocenters. The van der Waals surface area contributed by atoms with Crippen LogP contribution in [0.5, 0.6) is 0 Å². The average Bonchev–Trinajstić information content (AvgIpc) is 2.29. The molecule has 1 aliphatic rings. The molecule has 0 heterocycles. The third kappa shape index (κ3) is 4.49. The van der Waals surface area contributed by atoms with Crippen molar-refractivity contribution >= 4 is 25.9 Å². The van der Waals surface area contributed by atoms with Crippen LogP contribution < -0.4 is 11.1 Å². The summed E-state index contributed by atoms with van der Waals surface area (Å²) in [7, 11) is -2.07. The van der Waals surface area contributed by atoms with Crippen molar-refractivity contribution in [2.45, 2.75) is 57.7 Å². The lowest BCUT2D eigenvalue weighted by molar-refractivity contribution is 0.167. The van der Waals surface area contributed by atoms with Crippen LogP contribution in [-0.2, 0) is 8.85 Å². The number of nitrogens with two attached hydrogens (primary N) is 1. The van der Waals surface area contributed by atoms with E-state index in [2.05, 4.69) is 11.9 Å². The Hall–Kier alpha value is -0.173. The summed E-state index contributed by atoms with van der Waals surface area (Å²) in [4.78, 5) is 0. The molecule has 0 saturated heterocycles. The van der Waals surface area contributed by atoms with E-state index in [-0.39, 0.29) is 0 Å². The van der Waals surface area contributed by atoms with Crippen molar-refractivity contribution < 1.29 is 8.85 Å². The van der Waals surface area contributed by atoms with Crippen LogP contribution in [-0.4, -0.2) is 32.9 Å². The van der Waals surface area contributed by atoms with E-state index in [1.165, 1.54) is 12.8 Å². The Kier molecular flexibility index (Phi) is 6.55. The second-order valence-electron chi connectivity index (χ2n) is 4.95. The molecule has 4 nitrogen and oxygen atoms in total. The largest absolute Gasteiger partial charge is 0.394 e. The fraction of sp³-hybridized carbons (Fsp3) is 0.917. The summed E-state index contributed by atoms with van der Waals surface area (Å²) in [6, 6.07) is 0.383. The van der Waals surface area contributed by atoms with Crippen LogP contribution in [0.2, 0.25) is 12.1 Å². The van der Waals surface area contributed by atoms with Crippen molar-refractivity contribution in [2.24, 2.45) is 5.73 Å². The summed E-state index contributed by atoms with van der Waals surface area (Å²) in [5.41, 5.74) is 6.09. The molecule has 0 bridgehead atoms. The Morgan fingerprint density at radius 2 is 1.94 bits per heavy atom. The monoisotopic (exact) mass is 290 g/mol. The number of hydrogen-bond donors (Lipinski definition) is 2. The lowest BCUT2D eigenvalue weighted by Crippen LogP contribution is -2.49. The fourth-order valence-corrected chi connectivity index (χ4v) is 6.16. The summed E-state index contributed by atoms with van der Waals surface area (Å²) in [5.74, 6) is 0. The van der Waals surface area contributed by atoms with Gasteiger partial charge >= 0.3 is 8.56 Å². The van der Waals surface area contributed by atoms with Gasteiger partial charge in [-0.15, -0.1) is 0 Å². The number of hydrogen-bond acceptors (Lipinski definition) is 3. The van der Waals surface area contributed by atoms with Gasteiger partial charge in [0.2, 0.25) is 0 Å². The van der Waals surface area contributed by atoms with Gasteiger partial charge in [-0.1, -0.05) is 6.42 Å². The van der Waals surface area contributed by atoms with Crippen LogP contribution in [0.15, 0.2) is 0 Å². The first-order valence-electron chi connectivity index (χ1n) is 6.85. The van der Waals surface area contributed by atoms with Crippen LogP contribution in [0, 0.1) is 0 Å². The molecule has 1 fully saturated rings. The minimum absolute atomic E-state index is 0.383. The first kappa shape index (κ1) is 15.9. The minimum atomic E-state index is -2.07. The molecule has 0 aromatic heterocycles. The maximum atomic E-state index is 5.99. The van der Waals surface area contributed by atoms with Gasteiger partial charge in [0.05, 0.1) is 0 Å². The minimum Gasteiger partial charge on any atom is -0.394 e. The van der Waals surface area contributed by atoms with Gasteiger partial charge in [-0.25, -0.2) is 0 Å². The average molecular weight is 291 g/mol. The molecule has 0 aromatic carbocycles. The first-order valence-corrected chi connectivity index (χ1v) is 9.66. The lowest BCUT2D eigenvalue weighted by atomic mass is 9.95. The second kappa shape index (κ2) is 7.42. The van der Waals surface area contributed by atoms with Crippen LogP contribution in [0.1, 0.15) is 39.5 Å². The van der Waals surface area contributed by atoms with Crippen LogP contribution in [0.3, 0.4) is 0 Å². The summed E-state index contributed by atoms with van der Waals surface area (Å²) in [6.45, 7) is 7.72. The number of nitrogens with one attached hydrogen (secondary N) is 1. The Bertz CT molecular complexity index is 273. The highest BCUT2D eigenvalue weighted by atomic mass is 32.1. The SMILES string of the molecule is CCO[Si](C)(OCC)C1CCCC(NC(N)=S)C1. The van der Waals surface area contributed by atoms with Gasteiger partial charge in [-0.05, 0) is 51.9 Å². The quantitative estimate of drug-likeness (QED) is 0.580. The second-order valence-corrected chi connectivity index (χ2v) is 8.82. The highest BCUT2D eigenvalue weighted by Gasteiger charge is 2.43. The van der Waals surface area contributed by atoms with E-state index in [1.54, 1.807) is 0 Å². The van der Waals surface area contributed by atoms with Crippen LogP contribution in [0.4, 0.5) is 0 Å². The van der Waals surface area contributed by atoms with E-state index in [4.69, 9.17) is 26.8 Å². The molecule has 18 heavy (non-hydrogen) atoms. The molecule has 0 aliphatic heterocycles. The van der Waals surface area contributed by atoms with E-state index >= 15 is 0 Å². The molecule has 6 heteroatoms. The van der Waals surface area contributed by atoms with Gasteiger partial charge in [0, 0.05) is 24.8 Å². The molecule has 0 aromatic rings. The number of thiocarbonyl (C=S) groups is 1. The Labute approximate surface area is 117 Å². The van der Waals surface area contributed by atoms with Gasteiger partial charge in [0.15, 0.2) is 5.11 Å². The molecule has 0 radical (unpaired) electrons. The van der Waals surface area contributed by atoms with Crippen molar-refractivity contribution in [2.75, 3.05) is 13.2 Å². The fourth-order valence-electron chi connectivity index (χ4n) is 2.85.